The first-order valence-corrected chi connectivity index (χ1v) is 44.9. The summed E-state index contributed by atoms with van der Waals surface area (Å²) in [6.07, 6.45) is 38.3. The van der Waals surface area contributed by atoms with Gasteiger partial charge >= 0.3 is 0 Å². The van der Waals surface area contributed by atoms with Crippen molar-refractivity contribution in [3.8, 4) is 0 Å². The Kier molecular flexibility index (Phi) is 35.9. The topological polar surface area (TPSA) is 88.2 Å². The number of carbonyl (C=O) groups excluding carboxylic acids is 3. The van der Waals surface area contributed by atoms with Gasteiger partial charge < -0.3 is 10.6 Å². The van der Waals surface area contributed by atoms with Crippen LogP contribution < -0.4 is 10.6 Å². The Morgan fingerprint density at radius 3 is 1.36 bits per heavy atom. The Morgan fingerprint density at radius 1 is 0.489 bits per heavy atom. The lowest BCUT2D eigenvalue weighted by atomic mass is 9.65. The third-order valence-corrected chi connectivity index (χ3v) is 25.9. The number of nitrogens with zero attached hydrogens (tertiary/aromatic N) is 1. The number of halogens is 2. The maximum Gasteiger partial charge on any atom is 0.230 e. The predicted octanol–water partition coefficient (Wildman–Crippen LogP) is 26.8. The summed E-state index contributed by atoms with van der Waals surface area (Å²) in [5.41, 5.74) is 3.87. The molecule has 9 rings (SSSR count). The lowest BCUT2D eigenvalue weighted by Crippen LogP contribution is -2.39. The van der Waals surface area contributed by atoms with Crippen LogP contribution in [0, 0.1) is 39.9 Å². The molecule has 0 spiro atoms. The average molecular weight is 1530 g/mol. The molecule has 2 amide bonds. The molecular weight excluding hydrogens is 1410 g/mol. The summed E-state index contributed by atoms with van der Waals surface area (Å²) in [4.78, 5) is 49.3. The Balaban J connectivity index is 0.000000315. The van der Waals surface area contributed by atoms with Crippen LogP contribution in [-0.4, -0.2) is 22.6 Å². The molecule has 0 atom stereocenters. The zero-order chi connectivity index (χ0) is 64.1. The van der Waals surface area contributed by atoms with Gasteiger partial charge in [0.05, 0.1) is 26.6 Å². The third kappa shape index (κ3) is 22.2. The number of para-hydroxylation sites is 3. The standard InChI is InChI=1S/C39H57NO2S2.C19H29NOS.C19H27NS.CH4.I2.H2/c1-5-30(6-2)28-38(23-15-9-16-24-38)36(41)27-32-19-11-13-21-34(32)43-44-35-22-14-12-20-33(35)40-37(42)39(25-17-10-18-26-39)29-31(7-3)8-4;1-3-15(4-2)14-19(12-8-5-9-13-19)18(21)20-16-10-6-7-11-17(16)22;1-3-15(4-2)14-19(12-8-5-9-13-19)18-20-16-10-6-7-11-17(16)21-18;;1-2;/h11-14,19-22,30-31H,5-10,15-18,23-29H2,1-4H3,(H,40,42);6-7,10-11,15,22H,3-5,8-9,12-14H2,1-2H3,(H,20,21);6-7,10-11,15H,3-5,8-9,12-14H2,1-2H3;1H4;;1H. The highest BCUT2D eigenvalue weighted by Gasteiger charge is 2.44. The number of carbonyl (C=O) groups is 3. The normalized spacial score (nSPS) is 17.4. The molecule has 0 bridgehead atoms. The Hall–Kier alpha value is -2.11. The molecule has 0 radical (unpaired) electrons. The summed E-state index contributed by atoms with van der Waals surface area (Å²) >= 11 is 10.7. The number of hydrogen-bond acceptors (Lipinski definition) is 8. The number of nitrogens with one attached hydrogen (secondary N) is 2. The van der Waals surface area contributed by atoms with Gasteiger partial charge in [0, 0.05) is 81.4 Å². The minimum absolute atomic E-state index is 0. The number of Topliss-reactive ketones (excluding diaryl/α,β-unsaturated/α-hetero) is 1. The summed E-state index contributed by atoms with van der Waals surface area (Å²) in [6.45, 7) is 18.3. The number of thiazole rings is 1. The predicted molar refractivity (Wildman–Crippen MR) is 417 cm³/mol. The van der Waals surface area contributed by atoms with E-state index in [1.165, 1.54) is 112 Å². The third-order valence-electron chi connectivity index (χ3n) is 21.7. The van der Waals surface area contributed by atoms with Crippen molar-refractivity contribution in [2.45, 2.75) is 295 Å². The van der Waals surface area contributed by atoms with Gasteiger partial charge in [0.15, 0.2) is 0 Å². The van der Waals surface area contributed by atoms with E-state index >= 15 is 0 Å². The zero-order valence-electron chi connectivity index (χ0n) is 56.0. The van der Waals surface area contributed by atoms with Crippen LogP contribution in [0.2, 0.25) is 0 Å². The molecule has 0 unspecified atom stereocenters. The Bertz CT molecular complexity index is 2730. The van der Waals surface area contributed by atoms with Gasteiger partial charge in [-0.2, -0.15) is 0 Å². The molecule has 4 fully saturated rings. The van der Waals surface area contributed by atoms with Gasteiger partial charge in [-0.05, 0) is 149 Å². The molecule has 4 aromatic carbocycles. The van der Waals surface area contributed by atoms with Gasteiger partial charge in [-0.15, -0.1) is 24.0 Å². The number of ketones is 1. The van der Waals surface area contributed by atoms with Crippen molar-refractivity contribution in [1.82, 2.24) is 4.98 Å². The molecule has 502 valence electrons. The molecular formula is C78H119I2N3O3S4. The largest absolute Gasteiger partial charge is 0.325 e. The molecule has 5 aromatic rings. The number of hydrogen-bond donors (Lipinski definition) is 3. The summed E-state index contributed by atoms with van der Waals surface area (Å²) < 4.78 is 1.36. The van der Waals surface area contributed by atoms with Crippen molar-refractivity contribution in [2.75, 3.05) is 10.6 Å². The van der Waals surface area contributed by atoms with Gasteiger partial charge in [-0.1, -0.05) is 267 Å². The number of thiol groups is 1. The van der Waals surface area contributed by atoms with E-state index in [9.17, 15) is 14.4 Å². The van der Waals surface area contributed by atoms with Crippen molar-refractivity contribution in [2.24, 2.45) is 39.9 Å². The number of fused-ring (bicyclic) bond motifs is 1. The van der Waals surface area contributed by atoms with Crippen LogP contribution in [0.4, 0.5) is 11.4 Å². The molecule has 0 saturated heterocycles. The molecule has 12 heteroatoms. The van der Waals surface area contributed by atoms with E-state index in [0.29, 0.717) is 35.4 Å². The van der Waals surface area contributed by atoms with Gasteiger partial charge in [0.2, 0.25) is 11.8 Å². The van der Waals surface area contributed by atoms with Crippen LogP contribution in [0.15, 0.2) is 112 Å². The Morgan fingerprint density at radius 2 is 0.867 bits per heavy atom. The lowest BCUT2D eigenvalue weighted by molar-refractivity contribution is -0.131. The first kappa shape index (κ1) is 78.6. The molecule has 2 N–H and O–H groups in total. The fraction of sp³-hybridized carbons (Fsp3) is 0.641. The van der Waals surface area contributed by atoms with Crippen molar-refractivity contribution in [3.63, 3.8) is 0 Å². The molecule has 6 nitrogen and oxygen atoms in total. The smallest absolute Gasteiger partial charge is 0.230 e. The molecule has 4 saturated carbocycles. The van der Waals surface area contributed by atoms with Crippen molar-refractivity contribution in [1.29, 1.82) is 0 Å². The summed E-state index contributed by atoms with van der Waals surface area (Å²) in [6, 6.07) is 33.1. The van der Waals surface area contributed by atoms with E-state index in [-0.39, 0.29) is 36.9 Å². The van der Waals surface area contributed by atoms with E-state index in [1.807, 2.05) is 41.7 Å². The average Bonchev–Trinajstić information content (AvgIpc) is 1.97. The molecule has 1 aromatic heterocycles. The summed E-state index contributed by atoms with van der Waals surface area (Å²) in [7, 11) is 3.41. The molecule has 4 aliphatic rings. The van der Waals surface area contributed by atoms with E-state index in [1.54, 1.807) is 21.6 Å². The second-order valence-corrected chi connectivity index (χ2v) is 30.9. The number of benzene rings is 4. The number of anilines is 2. The van der Waals surface area contributed by atoms with Crippen LogP contribution in [0.3, 0.4) is 0 Å². The molecule has 1 heterocycles. The second-order valence-electron chi connectivity index (χ2n) is 27.2. The first-order chi connectivity index (χ1) is 43.3. The number of rotatable bonds is 27. The SMILES string of the molecule is C.CCC(CC)CC1(C(=O)Cc2ccccc2SSc2ccccc2NC(=O)C2(CC(CC)CC)CCCCC2)CCCCC1.CCC(CC)CC1(C(=O)Nc2ccccc2S)CCCCC1.CCC(CC)CC1(c2nc3ccccc3s2)CCCCC1.II.[HH]. The summed E-state index contributed by atoms with van der Waals surface area (Å²) in [5.74, 6) is 3.60. The minimum Gasteiger partial charge on any atom is -0.325 e. The van der Waals surface area contributed by atoms with Crippen LogP contribution in [0.25, 0.3) is 10.2 Å². The van der Waals surface area contributed by atoms with Crippen LogP contribution in [-0.2, 0) is 26.2 Å². The second kappa shape index (κ2) is 41.1. The quantitative estimate of drug-likeness (QED) is 0.0276. The van der Waals surface area contributed by atoms with Crippen molar-refractivity contribution >= 4 is 122 Å². The van der Waals surface area contributed by atoms with E-state index < -0.39 is 0 Å². The van der Waals surface area contributed by atoms with E-state index in [4.69, 9.17) is 4.98 Å². The monoisotopic (exact) mass is 1530 g/mol. The number of aromatic nitrogens is 1. The van der Waals surface area contributed by atoms with Crippen LogP contribution >= 0.6 is 82.8 Å². The van der Waals surface area contributed by atoms with Gasteiger partial charge in [0.1, 0.15) is 5.78 Å². The molecule has 0 aliphatic heterocycles. The summed E-state index contributed by atoms with van der Waals surface area (Å²) in [5, 5.41) is 7.99. The van der Waals surface area contributed by atoms with Gasteiger partial charge in [-0.25, -0.2) is 4.98 Å². The van der Waals surface area contributed by atoms with Crippen molar-refractivity contribution in [3.05, 3.63) is 108 Å². The van der Waals surface area contributed by atoms with Gasteiger partial charge in [0.25, 0.3) is 0 Å². The van der Waals surface area contributed by atoms with Gasteiger partial charge in [-0.3, -0.25) is 14.4 Å². The van der Waals surface area contributed by atoms with E-state index in [2.05, 4.69) is 183 Å². The number of amides is 2. The maximum absolute atomic E-state index is 14.1. The highest BCUT2D eigenvalue weighted by molar-refractivity contribution is 15.0. The first-order valence-electron chi connectivity index (χ1n) is 35.2. The van der Waals surface area contributed by atoms with Crippen LogP contribution in [0.5, 0.6) is 0 Å². The fourth-order valence-corrected chi connectivity index (χ4v) is 19.4. The highest BCUT2D eigenvalue weighted by Crippen LogP contribution is 2.51. The van der Waals surface area contributed by atoms with Crippen LogP contribution in [0.1, 0.15) is 280 Å². The van der Waals surface area contributed by atoms with E-state index in [0.717, 1.165) is 147 Å². The molecule has 4 aliphatic carbocycles. The molecule has 90 heavy (non-hydrogen) atoms. The zero-order valence-corrected chi connectivity index (χ0v) is 63.6. The van der Waals surface area contributed by atoms with Crippen molar-refractivity contribution < 1.29 is 15.8 Å². The highest BCUT2D eigenvalue weighted by atomic mass is 128. The fourth-order valence-electron chi connectivity index (χ4n) is 15.6. The maximum atomic E-state index is 14.1. The minimum atomic E-state index is -0.254. The Labute approximate surface area is 590 Å². The lowest BCUT2D eigenvalue weighted by Gasteiger charge is -2.38.